The smallest absolute Gasteiger partial charge is 0.224 e. The van der Waals surface area contributed by atoms with Gasteiger partial charge >= 0.3 is 0 Å². The molecule has 0 radical (unpaired) electrons. The highest BCUT2D eigenvalue weighted by Crippen LogP contribution is 2.20. The molecule has 1 N–H and O–H groups in total. The molecule has 25 heavy (non-hydrogen) atoms. The fourth-order valence-corrected chi connectivity index (χ4v) is 4.11. The average molecular weight is 368 g/mol. The van der Waals surface area contributed by atoms with Crippen molar-refractivity contribution in [2.45, 2.75) is 39.7 Å². The van der Waals surface area contributed by atoms with Crippen molar-refractivity contribution in [1.29, 1.82) is 0 Å². The maximum Gasteiger partial charge on any atom is 0.224 e. The number of nitrogens with one attached hydrogen (secondary N) is 1. The van der Waals surface area contributed by atoms with Gasteiger partial charge in [-0.2, -0.15) is 0 Å². The van der Waals surface area contributed by atoms with Crippen LogP contribution in [0.15, 0.2) is 24.3 Å². The van der Waals surface area contributed by atoms with E-state index in [9.17, 15) is 13.2 Å². The lowest BCUT2D eigenvalue weighted by atomic mass is 9.98. The highest BCUT2D eigenvalue weighted by Gasteiger charge is 2.31. The maximum absolute atomic E-state index is 12.5. The molecule has 7 heteroatoms. The van der Waals surface area contributed by atoms with Crippen molar-refractivity contribution in [1.82, 2.24) is 9.62 Å². The van der Waals surface area contributed by atoms with Crippen molar-refractivity contribution >= 4 is 15.9 Å². The van der Waals surface area contributed by atoms with E-state index < -0.39 is 10.0 Å². The summed E-state index contributed by atoms with van der Waals surface area (Å²) in [4.78, 5) is 12.5. The number of carbonyl (C=O) groups is 1. The molecule has 6 nitrogen and oxygen atoms in total. The van der Waals surface area contributed by atoms with Crippen LogP contribution in [-0.4, -0.2) is 50.1 Å². The number of sulfonamides is 1. The number of carbonyl (C=O) groups excluding carboxylic acids is 1. The van der Waals surface area contributed by atoms with E-state index in [4.69, 9.17) is 4.74 Å². The number of para-hydroxylation sites is 1. The lowest BCUT2D eigenvalue weighted by Crippen LogP contribution is -2.48. The summed E-state index contributed by atoms with van der Waals surface area (Å²) in [5.74, 6) is 0.483. The highest BCUT2D eigenvalue weighted by molar-refractivity contribution is 7.89. The molecule has 0 saturated carbocycles. The summed E-state index contributed by atoms with van der Waals surface area (Å²) in [7, 11) is -3.24. The van der Waals surface area contributed by atoms with Crippen molar-refractivity contribution in [3.8, 4) is 5.75 Å². The predicted octanol–water partition coefficient (Wildman–Crippen LogP) is 1.94. The van der Waals surface area contributed by atoms with Crippen molar-refractivity contribution in [3.05, 3.63) is 29.8 Å². The molecule has 0 bridgehead atoms. The van der Waals surface area contributed by atoms with Gasteiger partial charge in [-0.1, -0.05) is 18.2 Å². The second kappa shape index (κ2) is 8.67. The van der Waals surface area contributed by atoms with Gasteiger partial charge in [0, 0.05) is 13.1 Å². The molecule has 2 atom stereocenters. The van der Waals surface area contributed by atoms with E-state index in [1.54, 1.807) is 6.92 Å². The van der Waals surface area contributed by atoms with Gasteiger partial charge in [0.2, 0.25) is 15.9 Å². The number of hydrogen-bond acceptors (Lipinski definition) is 4. The van der Waals surface area contributed by atoms with Gasteiger partial charge in [0.15, 0.2) is 0 Å². The van der Waals surface area contributed by atoms with Crippen molar-refractivity contribution in [2.75, 3.05) is 25.4 Å². The Morgan fingerprint density at radius 2 is 2.12 bits per heavy atom. The first-order valence-corrected chi connectivity index (χ1v) is 10.4. The van der Waals surface area contributed by atoms with E-state index in [2.05, 4.69) is 5.32 Å². The second-order valence-corrected chi connectivity index (χ2v) is 8.84. The topological polar surface area (TPSA) is 75.7 Å². The van der Waals surface area contributed by atoms with Crippen LogP contribution in [0.2, 0.25) is 0 Å². The van der Waals surface area contributed by atoms with Crippen LogP contribution in [-0.2, 0) is 14.8 Å². The zero-order valence-electron chi connectivity index (χ0n) is 15.2. The molecule has 1 amide bonds. The third-order valence-electron chi connectivity index (χ3n) is 4.48. The molecule has 2 rings (SSSR count). The summed E-state index contributed by atoms with van der Waals surface area (Å²) in [6, 6.07) is 7.59. The van der Waals surface area contributed by atoms with Crippen LogP contribution in [0.25, 0.3) is 0 Å². The Balaban J connectivity index is 1.85. The first-order chi connectivity index (χ1) is 11.8. The Morgan fingerprint density at radius 3 is 2.80 bits per heavy atom. The molecule has 1 aliphatic heterocycles. The third-order valence-corrected chi connectivity index (χ3v) is 6.33. The van der Waals surface area contributed by atoms with Crippen LogP contribution in [0.1, 0.15) is 32.3 Å². The monoisotopic (exact) mass is 368 g/mol. The lowest BCUT2D eigenvalue weighted by molar-refractivity contribution is -0.126. The molecule has 0 spiro atoms. The van der Waals surface area contributed by atoms with Gasteiger partial charge in [-0.05, 0) is 45.2 Å². The van der Waals surface area contributed by atoms with E-state index in [0.29, 0.717) is 26.0 Å². The van der Waals surface area contributed by atoms with Gasteiger partial charge in [0.1, 0.15) is 12.4 Å². The Bertz CT molecular complexity index is 690. The molecule has 0 aromatic heterocycles. The zero-order valence-corrected chi connectivity index (χ0v) is 16.0. The molecule has 1 aromatic carbocycles. The minimum Gasteiger partial charge on any atom is -0.491 e. The van der Waals surface area contributed by atoms with Crippen molar-refractivity contribution in [2.24, 2.45) is 5.92 Å². The van der Waals surface area contributed by atoms with Gasteiger partial charge < -0.3 is 10.1 Å². The number of aryl methyl sites for hydroxylation is 1. The summed E-state index contributed by atoms with van der Waals surface area (Å²) < 4.78 is 31.2. The lowest BCUT2D eigenvalue weighted by Gasteiger charge is -2.31. The van der Waals surface area contributed by atoms with E-state index in [-0.39, 0.29) is 30.2 Å². The minimum atomic E-state index is -3.24. The highest BCUT2D eigenvalue weighted by atomic mass is 32.2. The number of ether oxygens (including phenoxy) is 1. The van der Waals surface area contributed by atoms with Crippen molar-refractivity contribution in [3.63, 3.8) is 0 Å². The molecule has 140 valence electrons. The minimum absolute atomic E-state index is 0.0714. The number of nitrogens with zero attached hydrogens (tertiary/aromatic N) is 1. The van der Waals surface area contributed by atoms with Crippen molar-refractivity contribution < 1.29 is 17.9 Å². The molecule has 1 heterocycles. The van der Waals surface area contributed by atoms with Gasteiger partial charge in [0.25, 0.3) is 0 Å². The zero-order chi connectivity index (χ0) is 18.4. The van der Waals surface area contributed by atoms with Gasteiger partial charge in [0.05, 0.1) is 17.7 Å². The van der Waals surface area contributed by atoms with Crippen LogP contribution >= 0.6 is 0 Å². The Morgan fingerprint density at radius 1 is 1.40 bits per heavy atom. The van der Waals surface area contributed by atoms with E-state index in [1.165, 1.54) is 4.31 Å². The molecule has 1 aromatic rings. The summed E-state index contributed by atoms with van der Waals surface area (Å²) in [5.41, 5.74) is 1.05. The van der Waals surface area contributed by atoms with E-state index in [0.717, 1.165) is 11.3 Å². The largest absolute Gasteiger partial charge is 0.491 e. The van der Waals surface area contributed by atoms with Crippen LogP contribution in [0, 0.1) is 12.8 Å². The molecular weight excluding hydrogens is 340 g/mol. The molecule has 1 aliphatic rings. The average Bonchev–Trinajstić information content (AvgIpc) is 2.61. The summed E-state index contributed by atoms with van der Waals surface area (Å²) in [6.45, 7) is 6.65. The fraction of sp³-hybridized carbons (Fsp3) is 0.611. The van der Waals surface area contributed by atoms with E-state index in [1.807, 2.05) is 38.1 Å². The van der Waals surface area contributed by atoms with Crippen LogP contribution in [0.3, 0.4) is 0 Å². The second-order valence-electron chi connectivity index (χ2n) is 6.58. The normalized spacial score (nSPS) is 20.0. The van der Waals surface area contributed by atoms with Gasteiger partial charge in [-0.25, -0.2) is 12.7 Å². The maximum atomic E-state index is 12.5. The number of benzene rings is 1. The van der Waals surface area contributed by atoms with Gasteiger partial charge in [-0.15, -0.1) is 0 Å². The molecular formula is C18H28N2O4S. The fourth-order valence-electron chi connectivity index (χ4n) is 2.93. The quantitative estimate of drug-likeness (QED) is 0.798. The number of rotatable bonds is 7. The molecule has 1 fully saturated rings. The van der Waals surface area contributed by atoms with Crippen LogP contribution < -0.4 is 10.1 Å². The molecule has 0 unspecified atom stereocenters. The standard InChI is InChI=1S/C18H28N2O4S/c1-4-25(22,23)20-11-7-9-16(12-20)18(21)19-15(3)13-24-17-10-6-5-8-14(17)2/h5-6,8,10,15-16H,4,7,9,11-13H2,1-3H3,(H,19,21)/t15-,16+/m1/s1. The third kappa shape index (κ3) is 5.44. The predicted molar refractivity (Wildman–Crippen MR) is 98.0 cm³/mol. The first-order valence-electron chi connectivity index (χ1n) is 8.80. The Kier molecular flexibility index (Phi) is 6.84. The first kappa shape index (κ1) is 19.7. The number of piperidine rings is 1. The Labute approximate surface area is 150 Å². The number of amides is 1. The molecule has 1 saturated heterocycles. The summed E-state index contributed by atoms with van der Waals surface area (Å²) in [5, 5.41) is 2.94. The van der Waals surface area contributed by atoms with Crippen LogP contribution in [0.5, 0.6) is 5.75 Å². The SMILES string of the molecule is CCS(=O)(=O)N1CCC[C@H](C(=O)N[C@H](C)COc2ccccc2C)C1. The van der Waals surface area contributed by atoms with Crippen LogP contribution in [0.4, 0.5) is 0 Å². The molecule has 0 aliphatic carbocycles. The summed E-state index contributed by atoms with van der Waals surface area (Å²) in [6.07, 6.45) is 1.43. The number of hydrogen-bond donors (Lipinski definition) is 1. The van der Waals surface area contributed by atoms with E-state index >= 15 is 0 Å². The van der Waals surface area contributed by atoms with Gasteiger partial charge in [-0.3, -0.25) is 4.79 Å². The Hall–Kier alpha value is -1.60. The summed E-state index contributed by atoms with van der Waals surface area (Å²) >= 11 is 0.